The van der Waals surface area contributed by atoms with E-state index in [1.165, 1.54) is 28.8 Å². The van der Waals surface area contributed by atoms with Crippen LogP contribution in [0.2, 0.25) is 0 Å². The lowest BCUT2D eigenvalue weighted by atomic mass is 9.98. The highest BCUT2D eigenvalue weighted by Crippen LogP contribution is 2.30. The van der Waals surface area contributed by atoms with E-state index in [-0.39, 0.29) is 5.78 Å². The zero-order valence-corrected chi connectivity index (χ0v) is 12.1. The maximum Gasteiger partial charge on any atom is 0.202 e. The first-order valence-corrected chi connectivity index (χ1v) is 7.85. The highest BCUT2D eigenvalue weighted by molar-refractivity contribution is 7.14. The van der Waals surface area contributed by atoms with Gasteiger partial charge < -0.3 is 0 Å². The third kappa shape index (κ3) is 2.50. The van der Waals surface area contributed by atoms with Gasteiger partial charge in [-0.05, 0) is 49.3 Å². The third-order valence-electron chi connectivity index (χ3n) is 3.84. The minimum Gasteiger partial charge on any atom is -0.288 e. The molecule has 1 aromatic heterocycles. The molecule has 0 atom stereocenters. The molecule has 0 amide bonds. The lowest BCUT2D eigenvalue weighted by molar-refractivity contribution is 0.104. The molecule has 2 aromatic rings. The van der Waals surface area contributed by atoms with Gasteiger partial charge in [0.05, 0.1) is 4.88 Å². The number of fused-ring (bicyclic) bond motifs is 1. The van der Waals surface area contributed by atoms with Crippen molar-refractivity contribution < 1.29 is 4.79 Å². The molecular weight excluding hydrogens is 252 g/mol. The van der Waals surface area contributed by atoms with E-state index in [0.29, 0.717) is 0 Å². The van der Waals surface area contributed by atoms with Crippen LogP contribution in [0.3, 0.4) is 0 Å². The molecule has 19 heavy (non-hydrogen) atoms. The van der Waals surface area contributed by atoms with E-state index in [1.807, 2.05) is 12.1 Å². The van der Waals surface area contributed by atoms with Crippen LogP contribution < -0.4 is 0 Å². The third-order valence-corrected chi connectivity index (χ3v) is 5.08. The van der Waals surface area contributed by atoms with Gasteiger partial charge in [0.1, 0.15) is 0 Å². The van der Waals surface area contributed by atoms with Gasteiger partial charge in [0, 0.05) is 10.4 Å². The van der Waals surface area contributed by atoms with Crippen LogP contribution in [0.1, 0.15) is 51.0 Å². The molecule has 1 aliphatic rings. The van der Waals surface area contributed by atoms with Gasteiger partial charge in [-0.25, -0.2) is 0 Å². The van der Waals surface area contributed by atoms with E-state index in [0.717, 1.165) is 29.7 Å². The molecule has 0 radical (unpaired) electrons. The Morgan fingerprint density at radius 1 is 1.16 bits per heavy atom. The van der Waals surface area contributed by atoms with Crippen molar-refractivity contribution in [3.8, 4) is 0 Å². The fourth-order valence-electron chi connectivity index (χ4n) is 2.64. The Bertz CT molecular complexity index is 569. The molecule has 1 aliphatic carbocycles. The monoisotopic (exact) mass is 270 g/mol. The number of carbonyl (C=O) groups excluding carboxylic acids is 1. The van der Waals surface area contributed by atoms with E-state index < -0.39 is 0 Å². The van der Waals surface area contributed by atoms with Gasteiger partial charge in [-0.1, -0.05) is 31.2 Å². The first kappa shape index (κ1) is 12.6. The minimum absolute atomic E-state index is 0.182. The number of ketones is 1. The Kier molecular flexibility index (Phi) is 3.52. The minimum atomic E-state index is 0.182. The van der Waals surface area contributed by atoms with E-state index in [9.17, 15) is 4.79 Å². The van der Waals surface area contributed by atoms with Crippen LogP contribution in [-0.4, -0.2) is 5.78 Å². The second kappa shape index (κ2) is 5.30. The number of benzene rings is 1. The number of hydrogen-bond acceptors (Lipinski definition) is 2. The fraction of sp³-hybridized carbons (Fsp3) is 0.353. The number of carbonyl (C=O) groups is 1. The Morgan fingerprint density at radius 3 is 2.58 bits per heavy atom. The molecule has 0 unspecified atom stereocenters. The predicted octanol–water partition coefficient (Wildman–Crippen LogP) is 4.42. The number of aryl methyl sites for hydroxylation is 3. The quantitative estimate of drug-likeness (QED) is 0.754. The van der Waals surface area contributed by atoms with Crippen molar-refractivity contribution in [1.82, 2.24) is 0 Å². The van der Waals surface area contributed by atoms with E-state index in [2.05, 4.69) is 25.1 Å². The van der Waals surface area contributed by atoms with E-state index in [4.69, 9.17) is 0 Å². The smallest absolute Gasteiger partial charge is 0.202 e. The Balaban J connectivity index is 1.88. The number of hydrogen-bond donors (Lipinski definition) is 0. The highest BCUT2D eigenvalue weighted by atomic mass is 32.1. The number of thiophene rings is 1. The van der Waals surface area contributed by atoms with Crippen molar-refractivity contribution >= 4 is 17.1 Å². The van der Waals surface area contributed by atoms with Crippen LogP contribution in [0.25, 0.3) is 0 Å². The van der Waals surface area contributed by atoms with Gasteiger partial charge in [-0.3, -0.25) is 4.79 Å². The molecule has 0 saturated heterocycles. The van der Waals surface area contributed by atoms with Crippen LogP contribution in [0.5, 0.6) is 0 Å². The summed E-state index contributed by atoms with van der Waals surface area (Å²) in [6.45, 7) is 2.13. The van der Waals surface area contributed by atoms with Crippen LogP contribution in [0.4, 0.5) is 0 Å². The largest absolute Gasteiger partial charge is 0.288 e. The summed E-state index contributed by atoms with van der Waals surface area (Å²) in [6.07, 6.45) is 5.85. The van der Waals surface area contributed by atoms with Crippen molar-refractivity contribution in [2.24, 2.45) is 0 Å². The Hall–Kier alpha value is -1.41. The maximum atomic E-state index is 12.5. The summed E-state index contributed by atoms with van der Waals surface area (Å²) in [7, 11) is 0. The molecular formula is C17H18OS. The van der Waals surface area contributed by atoms with Crippen LogP contribution in [0.15, 0.2) is 30.3 Å². The molecule has 1 aromatic carbocycles. The molecule has 0 N–H and O–H groups in total. The van der Waals surface area contributed by atoms with Gasteiger partial charge in [0.2, 0.25) is 5.78 Å². The van der Waals surface area contributed by atoms with Crippen molar-refractivity contribution in [2.45, 2.75) is 39.0 Å². The molecule has 0 fully saturated rings. The Morgan fingerprint density at radius 2 is 1.89 bits per heavy atom. The topological polar surface area (TPSA) is 17.1 Å². The molecule has 0 aliphatic heterocycles. The van der Waals surface area contributed by atoms with Crippen LogP contribution in [0, 0.1) is 0 Å². The molecule has 0 spiro atoms. The van der Waals surface area contributed by atoms with Gasteiger partial charge >= 0.3 is 0 Å². The van der Waals surface area contributed by atoms with Crippen molar-refractivity contribution in [2.75, 3.05) is 0 Å². The predicted molar refractivity (Wildman–Crippen MR) is 80.2 cm³/mol. The molecule has 1 nitrogen and oxygen atoms in total. The lowest BCUT2D eigenvalue weighted by Crippen LogP contribution is -1.98. The molecule has 2 heteroatoms. The van der Waals surface area contributed by atoms with Crippen LogP contribution in [-0.2, 0) is 19.3 Å². The molecule has 1 heterocycles. The maximum absolute atomic E-state index is 12.5. The van der Waals surface area contributed by atoms with E-state index >= 15 is 0 Å². The van der Waals surface area contributed by atoms with Gasteiger partial charge in [0.25, 0.3) is 0 Å². The highest BCUT2D eigenvalue weighted by Gasteiger charge is 2.18. The Labute approximate surface area is 118 Å². The normalized spacial score (nSPS) is 14.2. The zero-order valence-electron chi connectivity index (χ0n) is 11.2. The van der Waals surface area contributed by atoms with Crippen molar-refractivity contribution in [3.05, 3.63) is 56.8 Å². The molecule has 3 rings (SSSR count). The summed E-state index contributed by atoms with van der Waals surface area (Å²) >= 11 is 1.70. The molecule has 0 bridgehead atoms. The fourth-order valence-corrected chi connectivity index (χ4v) is 3.85. The van der Waals surface area contributed by atoms with E-state index in [1.54, 1.807) is 11.3 Å². The summed E-state index contributed by atoms with van der Waals surface area (Å²) in [5, 5.41) is 0. The van der Waals surface area contributed by atoms with Crippen molar-refractivity contribution in [1.29, 1.82) is 0 Å². The average Bonchev–Trinajstić information content (AvgIpc) is 2.90. The molecule has 98 valence electrons. The summed E-state index contributed by atoms with van der Waals surface area (Å²) < 4.78 is 0. The number of rotatable bonds is 3. The SMILES string of the molecule is CCc1ccc(C(=O)c2cc3c(s2)CCCC3)cc1. The van der Waals surface area contributed by atoms with Gasteiger partial charge in [-0.15, -0.1) is 11.3 Å². The summed E-state index contributed by atoms with van der Waals surface area (Å²) in [4.78, 5) is 14.8. The van der Waals surface area contributed by atoms with Gasteiger partial charge in [-0.2, -0.15) is 0 Å². The molecule has 0 saturated carbocycles. The first-order chi connectivity index (χ1) is 9.28. The summed E-state index contributed by atoms with van der Waals surface area (Å²) in [5.74, 6) is 0.182. The van der Waals surface area contributed by atoms with Crippen LogP contribution >= 0.6 is 11.3 Å². The summed E-state index contributed by atoms with van der Waals surface area (Å²) in [5.41, 5.74) is 3.50. The first-order valence-electron chi connectivity index (χ1n) is 7.03. The second-order valence-corrected chi connectivity index (χ2v) is 6.28. The lowest BCUT2D eigenvalue weighted by Gasteiger charge is -2.08. The second-order valence-electron chi connectivity index (χ2n) is 5.15. The zero-order chi connectivity index (χ0) is 13.2. The van der Waals surface area contributed by atoms with Gasteiger partial charge in [0.15, 0.2) is 0 Å². The summed E-state index contributed by atoms with van der Waals surface area (Å²) in [6, 6.07) is 10.1. The van der Waals surface area contributed by atoms with Crippen molar-refractivity contribution in [3.63, 3.8) is 0 Å². The standard InChI is InChI=1S/C17H18OS/c1-2-12-7-9-13(10-8-12)17(18)16-11-14-5-3-4-6-15(14)19-16/h7-11H,2-6H2,1H3. The average molecular weight is 270 g/mol.